The van der Waals surface area contributed by atoms with Crippen LogP contribution in [0.2, 0.25) is 0 Å². The molecule has 0 atom stereocenters. The lowest BCUT2D eigenvalue weighted by Gasteiger charge is -2.13. The van der Waals surface area contributed by atoms with Crippen molar-refractivity contribution < 1.29 is 4.39 Å². The summed E-state index contributed by atoms with van der Waals surface area (Å²) in [5, 5.41) is 0. The van der Waals surface area contributed by atoms with Crippen molar-refractivity contribution in [2.45, 2.75) is 18.3 Å². The lowest BCUT2D eigenvalue weighted by Crippen LogP contribution is -2.20. The van der Waals surface area contributed by atoms with Crippen LogP contribution in [0, 0.1) is 5.82 Å². The molecule has 0 radical (unpaired) electrons. The third kappa shape index (κ3) is 1.51. The predicted molar refractivity (Wildman–Crippen MR) is 54.1 cm³/mol. The molecule has 1 saturated carbocycles. The van der Waals surface area contributed by atoms with Crippen molar-refractivity contribution in [3.63, 3.8) is 0 Å². The van der Waals surface area contributed by atoms with Gasteiger partial charge in [-0.25, -0.2) is 4.39 Å². The molecule has 0 aliphatic heterocycles. The Kier molecular flexibility index (Phi) is 2.16. The van der Waals surface area contributed by atoms with Gasteiger partial charge in [-0.1, -0.05) is 22.0 Å². The van der Waals surface area contributed by atoms with Crippen molar-refractivity contribution in [3.8, 4) is 0 Å². The molecule has 1 aliphatic rings. The topological polar surface area (TPSA) is 26.0 Å². The fourth-order valence-electron chi connectivity index (χ4n) is 1.65. The largest absolute Gasteiger partial charge is 0.330 e. The molecule has 1 aliphatic carbocycles. The van der Waals surface area contributed by atoms with Crippen molar-refractivity contribution in [1.82, 2.24) is 0 Å². The van der Waals surface area contributed by atoms with E-state index in [2.05, 4.69) is 15.9 Å². The summed E-state index contributed by atoms with van der Waals surface area (Å²) in [4.78, 5) is 0. The first-order valence-electron chi connectivity index (χ1n) is 4.33. The maximum absolute atomic E-state index is 13.5. The van der Waals surface area contributed by atoms with E-state index in [1.807, 2.05) is 12.1 Å². The molecule has 2 rings (SSSR count). The van der Waals surface area contributed by atoms with Gasteiger partial charge in [-0.05, 0) is 30.5 Å². The fourth-order valence-corrected chi connectivity index (χ4v) is 1.99. The molecule has 1 aromatic carbocycles. The highest BCUT2D eigenvalue weighted by molar-refractivity contribution is 9.10. The Bertz CT molecular complexity index is 334. The van der Waals surface area contributed by atoms with Crippen LogP contribution in [0.25, 0.3) is 0 Å². The second-order valence-corrected chi connectivity index (χ2v) is 4.52. The van der Waals surface area contributed by atoms with Crippen molar-refractivity contribution in [2.24, 2.45) is 5.73 Å². The molecule has 0 heterocycles. The van der Waals surface area contributed by atoms with E-state index in [1.54, 1.807) is 0 Å². The third-order valence-corrected chi connectivity index (χ3v) is 3.24. The minimum Gasteiger partial charge on any atom is -0.330 e. The van der Waals surface area contributed by atoms with Crippen molar-refractivity contribution >= 4 is 15.9 Å². The highest BCUT2D eigenvalue weighted by atomic mass is 79.9. The average molecular weight is 244 g/mol. The smallest absolute Gasteiger partial charge is 0.128 e. The van der Waals surface area contributed by atoms with Gasteiger partial charge in [-0.3, -0.25) is 0 Å². The second-order valence-electron chi connectivity index (χ2n) is 3.61. The van der Waals surface area contributed by atoms with Crippen LogP contribution in [-0.4, -0.2) is 6.54 Å². The zero-order chi connectivity index (χ0) is 9.47. The van der Waals surface area contributed by atoms with E-state index in [9.17, 15) is 4.39 Å². The summed E-state index contributed by atoms with van der Waals surface area (Å²) >= 11 is 3.23. The number of benzene rings is 1. The zero-order valence-corrected chi connectivity index (χ0v) is 8.77. The van der Waals surface area contributed by atoms with Crippen LogP contribution in [0.5, 0.6) is 0 Å². The number of hydrogen-bond donors (Lipinski definition) is 1. The van der Waals surface area contributed by atoms with E-state index in [4.69, 9.17) is 5.73 Å². The zero-order valence-electron chi connectivity index (χ0n) is 7.19. The molecule has 0 saturated heterocycles. The van der Waals surface area contributed by atoms with Gasteiger partial charge in [0.05, 0.1) is 0 Å². The summed E-state index contributed by atoms with van der Waals surface area (Å²) in [6, 6.07) is 5.21. The van der Waals surface area contributed by atoms with Gasteiger partial charge in [0.15, 0.2) is 0 Å². The Morgan fingerprint density at radius 2 is 2.15 bits per heavy atom. The molecule has 0 spiro atoms. The van der Waals surface area contributed by atoms with Gasteiger partial charge in [0, 0.05) is 16.4 Å². The summed E-state index contributed by atoms with van der Waals surface area (Å²) < 4.78 is 14.3. The Labute approximate surface area is 85.3 Å². The molecule has 13 heavy (non-hydrogen) atoms. The lowest BCUT2D eigenvalue weighted by atomic mass is 9.96. The molecule has 0 unspecified atom stereocenters. The number of halogens is 2. The highest BCUT2D eigenvalue weighted by Gasteiger charge is 2.44. The molecule has 0 aromatic heterocycles. The van der Waals surface area contributed by atoms with Gasteiger partial charge < -0.3 is 5.73 Å². The van der Waals surface area contributed by atoms with Crippen LogP contribution < -0.4 is 5.73 Å². The average Bonchev–Trinajstić information content (AvgIpc) is 2.85. The van der Waals surface area contributed by atoms with Crippen LogP contribution in [0.15, 0.2) is 22.7 Å². The monoisotopic (exact) mass is 243 g/mol. The van der Waals surface area contributed by atoms with Crippen LogP contribution in [0.1, 0.15) is 18.4 Å². The summed E-state index contributed by atoms with van der Waals surface area (Å²) in [6.45, 7) is 0.547. The molecule has 70 valence electrons. The molecular formula is C10H11BrFN. The fraction of sp³-hybridized carbons (Fsp3) is 0.400. The molecule has 0 amide bonds. The van der Waals surface area contributed by atoms with E-state index in [-0.39, 0.29) is 11.2 Å². The van der Waals surface area contributed by atoms with E-state index in [1.165, 1.54) is 6.07 Å². The maximum Gasteiger partial charge on any atom is 0.128 e. The number of hydrogen-bond acceptors (Lipinski definition) is 1. The SMILES string of the molecule is NCC1(c2ccc(Br)cc2F)CC1. The molecule has 0 bridgehead atoms. The highest BCUT2D eigenvalue weighted by Crippen LogP contribution is 2.48. The summed E-state index contributed by atoms with van der Waals surface area (Å²) in [5.41, 5.74) is 6.35. The van der Waals surface area contributed by atoms with Gasteiger partial charge in [0.2, 0.25) is 0 Å². The van der Waals surface area contributed by atoms with Crippen LogP contribution in [0.3, 0.4) is 0 Å². The summed E-state index contributed by atoms with van der Waals surface area (Å²) in [7, 11) is 0. The molecule has 1 aromatic rings. The summed E-state index contributed by atoms with van der Waals surface area (Å²) in [6.07, 6.45) is 2.03. The van der Waals surface area contributed by atoms with Gasteiger partial charge in [-0.2, -0.15) is 0 Å². The molecule has 3 heteroatoms. The van der Waals surface area contributed by atoms with Crippen LogP contribution >= 0.6 is 15.9 Å². The Morgan fingerprint density at radius 1 is 1.46 bits per heavy atom. The van der Waals surface area contributed by atoms with E-state index < -0.39 is 0 Å². The first kappa shape index (κ1) is 9.16. The lowest BCUT2D eigenvalue weighted by molar-refractivity contribution is 0.572. The van der Waals surface area contributed by atoms with E-state index in [0.717, 1.165) is 22.9 Å². The number of rotatable bonds is 2. The van der Waals surface area contributed by atoms with Gasteiger partial charge in [0.25, 0.3) is 0 Å². The normalized spacial score (nSPS) is 18.7. The molecule has 1 nitrogen and oxygen atoms in total. The third-order valence-electron chi connectivity index (χ3n) is 2.75. The van der Waals surface area contributed by atoms with Crippen molar-refractivity contribution in [3.05, 3.63) is 34.1 Å². The predicted octanol–water partition coefficient (Wildman–Crippen LogP) is 2.58. The first-order valence-corrected chi connectivity index (χ1v) is 5.13. The molecular weight excluding hydrogens is 233 g/mol. The Morgan fingerprint density at radius 3 is 2.62 bits per heavy atom. The molecule has 2 N–H and O–H groups in total. The van der Waals surface area contributed by atoms with Crippen molar-refractivity contribution in [1.29, 1.82) is 0 Å². The first-order chi connectivity index (χ1) is 6.18. The van der Waals surface area contributed by atoms with E-state index >= 15 is 0 Å². The van der Waals surface area contributed by atoms with Crippen LogP contribution in [0.4, 0.5) is 4.39 Å². The van der Waals surface area contributed by atoms with Crippen molar-refractivity contribution in [2.75, 3.05) is 6.54 Å². The minimum absolute atomic E-state index is 0.0508. The summed E-state index contributed by atoms with van der Waals surface area (Å²) in [5.74, 6) is -0.141. The Hall–Kier alpha value is -0.410. The second kappa shape index (κ2) is 3.07. The van der Waals surface area contributed by atoms with Gasteiger partial charge in [0.1, 0.15) is 5.82 Å². The number of nitrogens with two attached hydrogens (primary N) is 1. The van der Waals surface area contributed by atoms with Gasteiger partial charge >= 0.3 is 0 Å². The molecule has 1 fully saturated rings. The van der Waals surface area contributed by atoms with Gasteiger partial charge in [-0.15, -0.1) is 0 Å². The van der Waals surface area contributed by atoms with Crippen LogP contribution in [-0.2, 0) is 5.41 Å². The van der Waals surface area contributed by atoms with E-state index in [0.29, 0.717) is 6.54 Å². The standard InChI is InChI=1S/C10H11BrFN/c11-7-1-2-8(9(12)5-7)10(6-13)3-4-10/h1-2,5H,3-4,6,13H2. The minimum atomic E-state index is -0.141. The Balaban J connectivity index is 2.41. The quantitative estimate of drug-likeness (QED) is 0.850. The maximum atomic E-state index is 13.5.